The van der Waals surface area contributed by atoms with E-state index in [2.05, 4.69) is 16.7 Å². The van der Waals surface area contributed by atoms with Gasteiger partial charge in [-0.3, -0.25) is 4.79 Å². The highest BCUT2D eigenvalue weighted by Crippen LogP contribution is 2.12. The zero-order valence-electron chi connectivity index (χ0n) is 10.9. The van der Waals surface area contributed by atoms with Crippen molar-refractivity contribution in [2.24, 2.45) is 0 Å². The topological polar surface area (TPSA) is 64.9 Å². The van der Waals surface area contributed by atoms with Crippen LogP contribution in [0.4, 0.5) is 0 Å². The van der Waals surface area contributed by atoms with Gasteiger partial charge in [-0.25, -0.2) is 0 Å². The molecule has 0 saturated carbocycles. The first kappa shape index (κ1) is 14.2. The van der Waals surface area contributed by atoms with Gasteiger partial charge >= 0.3 is 0 Å². The largest absolute Gasteiger partial charge is 0.355 e. The Morgan fingerprint density at radius 3 is 2.61 bits per heavy atom. The van der Waals surface area contributed by atoms with Crippen LogP contribution in [0.15, 0.2) is 24.3 Å². The third-order valence-corrected chi connectivity index (χ3v) is 2.68. The number of carbonyl (C=O) groups excluding carboxylic acids is 1. The van der Waals surface area contributed by atoms with Crippen molar-refractivity contribution < 1.29 is 4.79 Å². The van der Waals surface area contributed by atoms with Crippen LogP contribution in [0.25, 0.3) is 0 Å². The van der Waals surface area contributed by atoms with Gasteiger partial charge in [-0.05, 0) is 31.0 Å². The molecular weight excluding hydrogens is 226 g/mol. The Morgan fingerprint density at radius 1 is 1.39 bits per heavy atom. The lowest BCUT2D eigenvalue weighted by molar-refractivity contribution is -0.120. The summed E-state index contributed by atoms with van der Waals surface area (Å²) in [5.74, 6) is 0.0114. The number of nitrogens with one attached hydrogen (secondary N) is 2. The van der Waals surface area contributed by atoms with Gasteiger partial charge in [-0.1, -0.05) is 19.1 Å². The van der Waals surface area contributed by atoms with Gasteiger partial charge in [0.15, 0.2) is 0 Å². The molecule has 0 heterocycles. The van der Waals surface area contributed by atoms with E-state index in [-0.39, 0.29) is 11.9 Å². The average molecular weight is 245 g/mol. The Balaban J connectivity index is 2.42. The quantitative estimate of drug-likeness (QED) is 0.802. The molecular formula is C14H19N3O. The molecule has 1 amide bonds. The van der Waals surface area contributed by atoms with Gasteiger partial charge in [0.25, 0.3) is 0 Å². The summed E-state index contributed by atoms with van der Waals surface area (Å²) >= 11 is 0. The molecule has 4 nitrogen and oxygen atoms in total. The van der Waals surface area contributed by atoms with E-state index >= 15 is 0 Å². The molecule has 0 fully saturated rings. The first-order chi connectivity index (χ1) is 8.67. The van der Waals surface area contributed by atoms with E-state index in [4.69, 9.17) is 5.26 Å². The number of nitriles is 1. The van der Waals surface area contributed by atoms with Crippen LogP contribution in [0, 0.1) is 11.3 Å². The summed E-state index contributed by atoms with van der Waals surface area (Å²) in [6.45, 7) is 5.04. The molecule has 0 radical (unpaired) electrons. The van der Waals surface area contributed by atoms with Crippen molar-refractivity contribution in [3.05, 3.63) is 35.4 Å². The maximum atomic E-state index is 11.4. The molecule has 4 heteroatoms. The molecule has 2 N–H and O–H groups in total. The van der Waals surface area contributed by atoms with Gasteiger partial charge in [-0.15, -0.1) is 0 Å². The molecule has 1 atom stereocenters. The second kappa shape index (κ2) is 7.46. The van der Waals surface area contributed by atoms with E-state index in [0.29, 0.717) is 18.7 Å². The van der Waals surface area contributed by atoms with Crippen molar-refractivity contribution in [1.82, 2.24) is 10.6 Å². The van der Waals surface area contributed by atoms with E-state index in [9.17, 15) is 4.79 Å². The van der Waals surface area contributed by atoms with E-state index in [1.807, 2.05) is 26.0 Å². The highest BCUT2D eigenvalue weighted by molar-refractivity contribution is 5.77. The van der Waals surface area contributed by atoms with Crippen LogP contribution in [0.3, 0.4) is 0 Å². The lowest BCUT2D eigenvalue weighted by Crippen LogP contribution is -2.35. The smallest absolute Gasteiger partial charge is 0.233 e. The Kier molecular flexibility index (Phi) is 5.89. The molecule has 1 unspecified atom stereocenters. The second-order valence-electron chi connectivity index (χ2n) is 4.19. The predicted octanol–water partition coefficient (Wildman–Crippen LogP) is 1.74. The third kappa shape index (κ3) is 4.56. The molecule has 0 aromatic heterocycles. The predicted molar refractivity (Wildman–Crippen MR) is 70.9 cm³/mol. The zero-order chi connectivity index (χ0) is 13.4. The van der Waals surface area contributed by atoms with Gasteiger partial charge < -0.3 is 10.6 Å². The Labute approximate surface area is 108 Å². The molecule has 0 bridgehead atoms. The van der Waals surface area contributed by atoms with Gasteiger partial charge in [0.1, 0.15) is 0 Å². The number of benzene rings is 1. The fraction of sp³-hybridized carbons (Fsp3) is 0.429. The maximum absolute atomic E-state index is 11.4. The van der Waals surface area contributed by atoms with Gasteiger partial charge in [0, 0.05) is 12.6 Å². The van der Waals surface area contributed by atoms with Crippen molar-refractivity contribution >= 4 is 5.91 Å². The van der Waals surface area contributed by atoms with Crippen LogP contribution in [0.1, 0.15) is 37.4 Å². The minimum absolute atomic E-state index is 0.0114. The van der Waals surface area contributed by atoms with Crippen LogP contribution < -0.4 is 10.6 Å². The number of hydrogen-bond acceptors (Lipinski definition) is 3. The monoisotopic (exact) mass is 245 g/mol. The number of hydrogen-bond donors (Lipinski definition) is 2. The summed E-state index contributed by atoms with van der Waals surface area (Å²) in [5.41, 5.74) is 1.71. The summed E-state index contributed by atoms with van der Waals surface area (Å²) in [6, 6.07) is 9.54. The van der Waals surface area contributed by atoms with Crippen LogP contribution in [-0.4, -0.2) is 19.0 Å². The standard InChI is InChI=1S/C14H19N3O/c1-3-8-16-14(18)10-17-11(2)13-6-4-12(9-15)5-7-13/h4-7,11,17H,3,8,10H2,1-2H3,(H,16,18). The summed E-state index contributed by atoms with van der Waals surface area (Å²) < 4.78 is 0. The van der Waals surface area contributed by atoms with Gasteiger partial charge in [0.2, 0.25) is 5.91 Å². The lowest BCUT2D eigenvalue weighted by atomic mass is 10.1. The Morgan fingerprint density at radius 2 is 2.06 bits per heavy atom. The van der Waals surface area contributed by atoms with E-state index < -0.39 is 0 Å². The Bertz CT molecular complexity index is 420. The second-order valence-corrected chi connectivity index (χ2v) is 4.19. The average Bonchev–Trinajstić information content (AvgIpc) is 2.42. The molecule has 18 heavy (non-hydrogen) atoms. The van der Waals surface area contributed by atoms with Crippen molar-refractivity contribution in [3.63, 3.8) is 0 Å². The molecule has 0 spiro atoms. The molecule has 1 aromatic rings. The van der Waals surface area contributed by atoms with Crippen LogP contribution in [-0.2, 0) is 4.79 Å². The molecule has 96 valence electrons. The third-order valence-electron chi connectivity index (χ3n) is 2.68. The van der Waals surface area contributed by atoms with E-state index in [0.717, 1.165) is 12.0 Å². The highest BCUT2D eigenvalue weighted by Gasteiger charge is 2.07. The molecule has 0 aliphatic heterocycles. The van der Waals surface area contributed by atoms with E-state index in [1.165, 1.54) is 0 Å². The summed E-state index contributed by atoms with van der Waals surface area (Å²) in [6.07, 6.45) is 0.941. The number of nitrogens with zero attached hydrogens (tertiary/aromatic N) is 1. The summed E-state index contributed by atoms with van der Waals surface area (Å²) in [5, 5.41) is 14.7. The van der Waals surface area contributed by atoms with Gasteiger partial charge in [0.05, 0.1) is 18.2 Å². The Hall–Kier alpha value is -1.86. The van der Waals surface area contributed by atoms with Crippen molar-refractivity contribution in [2.45, 2.75) is 26.3 Å². The van der Waals surface area contributed by atoms with Crippen LogP contribution in [0.2, 0.25) is 0 Å². The first-order valence-corrected chi connectivity index (χ1v) is 6.17. The summed E-state index contributed by atoms with van der Waals surface area (Å²) in [4.78, 5) is 11.4. The van der Waals surface area contributed by atoms with E-state index in [1.54, 1.807) is 12.1 Å². The van der Waals surface area contributed by atoms with Crippen molar-refractivity contribution in [1.29, 1.82) is 5.26 Å². The fourth-order valence-corrected chi connectivity index (χ4v) is 1.54. The normalized spacial score (nSPS) is 11.6. The van der Waals surface area contributed by atoms with Gasteiger partial charge in [-0.2, -0.15) is 5.26 Å². The maximum Gasteiger partial charge on any atom is 0.233 e. The molecule has 0 saturated heterocycles. The SMILES string of the molecule is CCCNC(=O)CNC(C)c1ccc(C#N)cc1. The molecule has 0 aliphatic rings. The van der Waals surface area contributed by atoms with Crippen LogP contribution in [0.5, 0.6) is 0 Å². The highest BCUT2D eigenvalue weighted by atomic mass is 16.1. The molecule has 1 aromatic carbocycles. The molecule has 1 rings (SSSR count). The number of carbonyl (C=O) groups is 1. The number of amides is 1. The fourth-order valence-electron chi connectivity index (χ4n) is 1.54. The molecule has 0 aliphatic carbocycles. The zero-order valence-corrected chi connectivity index (χ0v) is 10.9. The minimum atomic E-state index is 0.0114. The first-order valence-electron chi connectivity index (χ1n) is 6.17. The minimum Gasteiger partial charge on any atom is -0.355 e. The summed E-state index contributed by atoms with van der Waals surface area (Å²) in [7, 11) is 0. The number of rotatable bonds is 6. The lowest BCUT2D eigenvalue weighted by Gasteiger charge is -2.14. The van der Waals surface area contributed by atoms with Crippen molar-refractivity contribution in [2.75, 3.05) is 13.1 Å². The van der Waals surface area contributed by atoms with Crippen LogP contribution >= 0.6 is 0 Å². The van der Waals surface area contributed by atoms with Crippen molar-refractivity contribution in [3.8, 4) is 6.07 Å².